The number of carbonyl (C=O) groups is 2. The molecule has 4 rings (SSSR count). The highest BCUT2D eigenvalue weighted by molar-refractivity contribution is 6.42. The average molecular weight is 614 g/mol. The normalized spacial score (nSPS) is 14.8. The standard InChI is InChI=1S/C29H29Cl2N5O6/c1-4-41-28(38)25-21(34-16(2)23(27(37)39-3)24(25)19-9-7-10-20(30)26(19)31)15-40-13-18-12-22(36-29(32)35-18)42-14-17-8-5-6-11-33-17/h5-12,24,34H,4,13-15H2,1-3H3,(H2,32,35,36). The van der Waals surface area contributed by atoms with Crippen molar-refractivity contribution in [1.29, 1.82) is 0 Å². The summed E-state index contributed by atoms with van der Waals surface area (Å²) in [5, 5.41) is 3.57. The van der Waals surface area contributed by atoms with Crippen molar-refractivity contribution in [3.05, 3.63) is 98.2 Å². The van der Waals surface area contributed by atoms with Crippen LogP contribution < -0.4 is 15.8 Å². The van der Waals surface area contributed by atoms with Crippen LogP contribution >= 0.6 is 23.2 Å². The van der Waals surface area contributed by atoms with Gasteiger partial charge in [-0.1, -0.05) is 41.4 Å². The Kier molecular flexibility index (Phi) is 10.3. The van der Waals surface area contributed by atoms with Crippen LogP contribution in [0.2, 0.25) is 10.0 Å². The minimum Gasteiger partial charge on any atom is -0.471 e. The third-order valence-electron chi connectivity index (χ3n) is 6.20. The molecule has 0 radical (unpaired) electrons. The molecule has 1 aliphatic heterocycles. The number of nitrogen functional groups attached to an aromatic ring is 1. The zero-order valence-electron chi connectivity index (χ0n) is 23.1. The third-order valence-corrected chi connectivity index (χ3v) is 7.03. The molecule has 13 heteroatoms. The first-order valence-electron chi connectivity index (χ1n) is 12.9. The molecule has 1 aliphatic rings. The highest BCUT2D eigenvalue weighted by atomic mass is 35.5. The zero-order valence-corrected chi connectivity index (χ0v) is 24.7. The van der Waals surface area contributed by atoms with E-state index in [0.29, 0.717) is 22.7 Å². The number of esters is 2. The van der Waals surface area contributed by atoms with Gasteiger partial charge in [-0.05, 0) is 37.6 Å². The van der Waals surface area contributed by atoms with Gasteiger partial charge in [-0.15, -0.1) is 0 Å². The molecule has 1 aromatic carbocycles. The number of aromatic nitrogens is 3. The van der Waals surface area contributed by atoms with Crippen molar-refractivity contribution < 1.29 is 28.5 Å². The molecule has 0 spiro atoms. The molecule has 0 fully saturated rings. The van der Waals surface area contributed by atoms with Crippen molar-refractivity contribution in [3.8, 4) is 5.88 Å². The molecule has 11 nitrogen and oxygen atoms in total. The Bertz CT molecular complexity index is 1530. The SMILES string of the molecule is CCOC(=O)C1=C(COCc2cc(OCc3ccccn3)nc(N)n2)NC(C)=C(C(=O)OC)C1c1cccc(Cl)c1Cl. The summed E-state index contributed by atoms with van der Waals surface area (Å²) < 4.78 is 22.1. The number of allylic oxidation sites excluding steroid dienone is 1. The number of hydrogen-bond donors (Lipinski definition) is 2. The van der Waals surface area contributed by atoms with Gasteiger partial charge < -0.3 is 30.0 Å². The lowest BCUT2D eigenvalue weighted by atomic mass is 9.80. The van der Waals surface area contributed by atoms with Crippen molar-refractivity contribution in [1.82, 2.24) is 20.3 Å². The summed E-state index contributed by atoms with van der Waals surface area (Å²) in [6.07, 6.45) is 1.67. The molecule has 0 bridgehead atoms. The van der Waals surface area contributed by atoms with Gasteiger partial charge in [0.2, 0.25) is 11.8 Å². The molecule has 3 N–H and O–H groups in total. The zero-order chi connectivity index (χ0) is 30.2. The molecule has 220 valence electrons. The number of halogens is 2. The second-order valence-corrected chi connectivity index (χ2v) is 9.79. The number of anilines is 1. The first-order chi connectivity index (χ1) is 20.2. The average Bonchev–Trinajstić information content (AvgIpc) is 2.97. The number of hydrogen-bond acceptors (Lipinski definition) is 11. The molecular weight excluding hydrogens is 585 g/mol. The first-order valence-corrected chi connectivity index (χ1v) is 13.6. The Morgan fingerprint density at radius 1 is 1.00 bits per heavy atom. The van der Waals surface area contributed by atoms with E-state index in [-0.39, 0.29) is 59.4 Å². The second-order valence-electron chi connectivity index (χ2n) is 9.00. The summed E-state index contributed by atoms with van der Waals surface area (Å²) in [5.74, 6) is -1.98. The van der Waals surface area contributed by atoms with Crippen LogP contribution in [0.1, 0.15) is 36.7 Å². The quantitative estimate of drug-likeness (QED) is 0.294. The van der Waals surface area contributed by atoms with Gasteiger partial charge in [-0.25, -0.2) is 14.6 Å². The summed E-state index contributed by atoms with van der Waals surface area (Å²) in [6, 6.07) is 12.1. The molecule has 3 heterocycles. The Morgan fingerprint density at radius 2 is 1.81 bits per heavy atom. The Balaban J connectivity index is 1.63. The summed E-state index contributed by atoms with van der Waals surface area (Å²) >= 11 is 12.9. The van der Waals surface area contributed by atoms with Crippen molar-refractivity contribution >= 4 is 41.1 Å². The van der Waals surface area contributed by atoms with Gasteiger partial charge in [0.15, 0.2) is 0 Å². The first kappa shape index (κ1) is 30.8. The van der Waals surface area contributed by atoms with Crippen LogP contribution in [0, 0.1) is 0 Å². The van der Waals surface area contributed by atoms with E-state index in [1.807, 2.05) is 18.2 Å². The van der Waals surface area contributed by atoms with Crippen LogP contribution in [0.4, 0.5) is 5.95 Å². The van der Waals surface area contributed by atoms with Crippen molar-refractivity contribution in [3.63, 3.8) is 0 Å². The van der Waals surface area contributed by atoms with Crippen LogP contribution in [0.15, 0.2) is 71.2 Å². The van der Waals surface area contributed by atoms with Crippen molar-refractivity contribution in [2.75, 3.05) is 26.1 Å². The minimum absolute atomic E-state index is 0.00314. The fraction of sp³-hybridized carbons (Fsp3) is 0.276. The van der Waals surface area contributed by atoms with E-state index in [2.05, 4.69) is 20.3 Å². The Labute approximate surface area is 252 Å². The summed E-state index contributed by atoms with van der Waals surface area (Å²) in [5.41, 5.74) is 8.64. The highest BCUT2D eigenvalue weighted by Gasteiger charge is 2.40. The molecule has 2 aromatic heterocycles. The predicted molar refractivity (Wildman–Crippen MR) is 155 cm³/mol. The second kappa shape index (κ2) is 14.1. The third kappa shape index (κ3) is 7.17. The maximum absolute atomic E-state index is 13.4. The number of pyridine rings is 1. The van der Waals surface area contributed by atoms with E-state index >= 15 is 0 Å². The lowest BCUT2D eigenvalue weighted by Crippen LogP contribution is -2.34. The number of carbonyl (C=O) groups excluding carboxylic acids is 2. The fourth-order valence-corrected chi connectivity index (χ4v) is 4.84. The predicted octanol–water partition coefficient (Wildman–Crippen LogP) is 4.51. The van der Waals surface area contributed by atoms with E-state index in [9.17, 15) is 9.59 Å². The van der Waals surface area contributed by atoms with E-state index in [1.54, 1.807) is 44.3 Å². The molecule has 1 atom stereocenters. The summed E-state index contributed by atoms with van der Waals surface area (Å²) in [6.45, 7) is 3.59. The number of benzene rings is 1. The smallest absolute Gasteiger partial charge is 0.336 e. The summed E-state index contributed by atoms with van der Waals surface area (Å²) in [4.78, 5) is 38.9. The molecule has 3 aromatic rings. The largest absolute Gasteiger partial charge is 0.471 e. The maximum Gasteiger partial charge on any atom is 0.336 e. The van der Waals surface area contributed by atoms with Gasteiger partial charge in [0.1, 0.15) is 6.61 Å². The van der Waals surface area contributed by atoms with Crippen LogP contribution in [0.25, 0.3) is 0 Å². The van der Waals surface area contributed by atoms with Gasteiger partial charge in [0.05, 0.1) is 71.1 Å². The number of rotatable bonds is 11. The van der Waals surface area contributed by atoms with E-state index in [4.69, 9.17) is 47.9 Å². The molecule has 0 saturated heterocycles. The van der Waals surface area contributed by atoms with E-state index < -0.39 is 17.9 Å². The molecule has 42 heavy (non-hydrogen) atoms. The van der Waals surface area contributed by atoms with Gasteiger partial charge in [0.25, 0.3) is 0 Å². The van der Waals surface area contributed by atoms with E-state index in [1.165, 1.54) is 7.11 Å². The lowest BCUT2D eigenvalue weighted by molar-refractivity contribution is -0.139. The van der Waals surface area contributed by atoms with Gasteiger partial charge in [-0.3, -0.25) is 4.98 Å². The van der Waals surface area contributed by atoms with Crippen LogP contribution in [0.3, 0.4) is 0 Å². The number of methoxy groups -OCH3 is 1. The number of nitrogens with two attached hydrogens (primary N) is 1. The summed E-state index contributed by atoms with van der Waals surface area (Å²) in [7, 11) is 1.26. The Hall–Kier alpha value is -4.19. The van der Waals surface area contributed by atoms with Gasteiger partial charge >= 0.3 is 11.9 Å². The maximum atomic E-state index is 13.4. The minimum atomic E-state index is -0.941. The number of nitrogens with zero attached hydrogens (tertiary/aromatic N) is 3. The molecule has 1 unspecified atom stereocenters. The fourth-order valence-electron chi connectivity index (χ4n) is 4.42. The molecule has 0 aliphatic carbocycles. The van der Waals surface area contributed by atoms with Gasteiger partial charge in [0, 0.05) is 18.0 Å². The number of dihydropyridines is 1. The number of ether oxygens (including phenoxy) is 4. The van der Waals surface area contributed by atoms with Crippen molar-refractivity contribution in [2.24, 2.45) is 0 Å². The van der Waals surface area contributed by atoms with Crippen LogP contribution in [0.5, 0.6) is 5.88 Å². The molecular formula is C29H29Cl2N5O6. The number of nitrogens with one attached hydrogen (secondary N) is 1. The lowest BCUT2D eigenvalue weighted by Gasteiger charge is -2.31. The van der Waals surface area contributed by atoms with Crippen LogP contribution in [-0.4, -0.2) is 47.2 Å². The van der Waals surface area contributed by atoms with Gasteiger partial charge in [-0.2, -0.15) is 4.98 Å². The topological polar surface area (TPSA) is 148 Å². The Morgan fingerprint density at radius 3 is 2.52 bits per heavy atom. The van der Waals surface area contributed by atoms with Crippen molar-refractivity contribution in [2.45, 2.75) is 33.0 Å². The van der Waals surface area contributed by atoms with E-state index in [0.717, 1.165) is 5.69 Å². The molecule has 0 saturated carbocycles. The highest BCUT2D eigenvalue weighted by Crippen LogP contribution is 2.43. The molecule has 0 amide bonds. The monoisotopic (exact) mass is 613 g/mol. The van der Waals surface area contributed by atoms with Crippen LogP contribution in [-0.2, 0) is 37.0 Å².